The summed E-state index contributed by atoms with van der Waals surface area (Å²) >= 11 is 0. The van der Waals surface area contributed by atoms with Gasteiger partial charge in [-0.3, -0.25) is 0 Å². The lowest BCUT2D eigenvalue weighted by molar-refractivity contribution is 0.423. The van der Waals surface area contributed by atoms with Crippen molar-refractivity contribution in [1.82, 2.24) is 30.5 Å². The number of hydrogen-bond acceptors (Lipinski definition) is 7. The lowest BCUT2D eigenvalue weighted by atomic mass is 10.3. The maximum absolute atomic E-state index is 9.58. The van der Waals surface area contributed by atoms with Crippen LogP contribution in [0.3, 0.4) is 0 Å². The van der Waals surface area contributed by atoms with Gasteiger partial charge < -0.3 is 9.63 Å². The van der Waals surface area contributed by atoms with Gasteiger partial charge in [-0.2, -0.15) is 20.4 Å². The molecule has 17 heavy (non-hydrogen) atoms. The molecular weight excluding hydrogens is 224 g/mol. The Labute approximate surface area is 94.3 Å². The van der Waals surface area contributed by atoms with E-state index in [4.69, 9.17) is 4.52 Å². The minimum absolute atomic E-state index is 0.0251. The molecule has 0 aliphatic rings. The zero-order chi connectivity index (χ0) is 11.7. The molecule has 0 amide bonds. The standard InChI is InChI=1S/C9H6N6O2/c16-6-2-1-3-10-7(6)9-12-8(14-17-9)5-4-11-15-13-5/h1-4,16H,(H,11,13,15). The molecule has 2 N–H and O–H groups in total. The predicted octanol–water partition coefficient (Wildman–Crippen LogP) is 0.622. The van der Waals surface area contributed by atoms with E-state index in [-0.39, 0.29) is 23.2 Å². The third-order valence-electron chi connectivity index (χ3n) is 2.06. The SMILES string of the molecule is Oc1cccnc1-c1nc(-c2cn[nH]n2)no1. The Morgan fingerprint density at radius 1 is 1.35 bits per heavy atom. The van der Waals surface area contributed by atoms with E-state index in [1.807, 2.05) is 0 Å². The minimum Gasteiger partial charge on any atom is -0.505 e. The second-order valence-electron chi connectivity index (χ2n) is 3.15. The van der Waals surface area contributed by atoms with Crippen molar-refractivity contribution in [1.29, 1.82) is 0 Å². The smallest absolute Gasteiger partial charge is 0.280 e. The zero-order valence-electron chi connectivity index (χ0n) is 8.40. The minimum atomic E-state index is -0.0251. The number of pyridine rings is 1. The Kier molecular flexibility index (Phi) is 2.04. The van der Waals surface area contributed by atoms with Crippen LogP contribution in [0, 0.1) is 0 Å². The van der Waals surface area contributed by atoms with Crippen LogP contribution in [0.1, 0.15) is 0 Å². The third-order valence-corrected chi connectivity index (χ3v) is 2.06. The number of hydrogen-bond donors (Lipinski definition) is 2. The van der Waals surface area contributed by atoms with E-state index in [2.05, 4.69) is 30.5 Å². The highest BCUT2D eigenvalue weighted by molar-refractivity contribution is 5.58. The van der Waals surface area contributed by atoms with E-state index in [9.17, 15) is 5.11 Å². The fraction of sp³-hybridized carbons (Fsp3) is 0. The number of H-pyrrole nitrogens is 1. The van der Waals surface area contributed by atoms with Crippen LogP contribution in [0.4, 0.5) is 0 Å². The number of aromatic amines is 1. The fourth-order valence-electron chi connectivity index (χ4n) is 1.29. The van der Waals surface area contributed by atoms with Crippen molar-refractivity contribution in [2.24, 2.45) is 0 Å². The van der Waals surface area contributed by atoms with Crippen molar-refractivity contribution in [2.75, 3.05) is 0 Å². The molecule has 3 heterocycles. The molecule has 8 nitrogen and oxygen atoms in total. The third kappa shape index (κ3) is 1.61. The topological polar surface area (TPSA) is 114 Å². The number of nitrogens with one attached hydrogen (secondary N) is 1. The van der Waals surface area contributed by atoms with Gasteiger partial charge in [0.1, 0.15) is 5.75 Å². The van der Waals surface area contributed by atoms with Crippen LogP contribution in [0.2, 0.25) is 0 Å². The van der Waals surface area contributed by atoms with Gasteiger partial charge in [0.25, 0.3) is 5.89 Å². The molecule has 0 radical (unpaired) electrons. The average Bonchev–Trinajstić information content (AvgIpc) is 3.00. The summed E-state index contributed by atoms with van der Waals surface area (Å²) in [5, 5.41) is 23.2. The van der Waals surface area contributed by atoms with E-state index >= 15 is 0 Å². The number of rotatable bonds is 2. The molecule has 0 bridgehead atoms. The summed E-state index contributed by atoms with van der Waals surface area (Å²) < 4.78 is 4.99. The van der Waals surface area contributed by atoms with Crippen molar-refractivity contribution < 1.29 is 9.63 Å². The molecule has 8 heteroatoms. The van der Waals surface area contributed by atoms with Gasteiger partial charge in [-0.05, 0) is 12.1 Å². The van der Waals surface area contributed by atoms with Crippen molar-refractivity contribution in [2.45, 2.75) is 0 Å². The molecule has 0 saturated heterocycles. The molecule has 0 fully saturated rings. The van der Waals surface area contributed by atoms with E-state index in [1.165, 1.54) is 18.5 Å². The highest BCUT2D eigenvalue weighted by Crippen LogP contribution is 2.25. The summed E-state index contributed by atoms with van der Waals surface area (Å²) in [4.78, 5) is 8.01. The average molecular weight is 230 g/mol. The second-order valence-corrected chi connectivity index (χ2v) is 3.15. The first-order chi connectivity index (χ1) is 8.34. The van der Waals surface area contributed by atoms with Crippen LogP contribution in [0.5, 0.6) is 5.75 Å². The van der Waals surface area contributed by atoms with Gasteiger partial charge in [-0.25, -0.2) is 4.98 Å². The monoisotopic (exact) mass is 230 g/mol. The molecule has 3 rings (SSSR count). The summed E-state index contributed by atoms with van der Waals surface area (Å²) in [6.45, 7) is 0. The van der Waals surface area contributed by atoms with Gasteiger partial charge in [0.15, 0.2) is 11.4 Å². The van der Waals surface area contributed by atoms with Crippen LogP contribution >= 0.6 is 0 Å². The van der Waals surface area contributed by atoms with E-state index in [1.54, 1.807) is 6.07 Å². The normalized spacial score (nSPS) is 10.6. The quantitative estimate of drug-likeness (QED) is 0.663. The lowest BCUT2D eigenvalue weighted by Crippen LogP contribution is -1.84. The fourth-order valence-corrected chi connectivity index (χ4v) is 1.29. The first-order valence-electron chi connectivity index (χ1n) is 4.69. The maximum atomic E-state index is 9.58. The van der Waals surface area contributed by atoms with Gasteiger partial charge in [0.05, 0.1) is 6.20 Å². The molecule has 0 atom stereocenters. The van der Waals surface area contributed by atoms with Crippen LogP contribution < -0.4 is 0 Å². The van der Waals surface area contributed by atoms with E-state index in [0.717, 1.165) is 0 Å². The Balaban J connectivity index is 2.04. The van der Waals surface area contributed by atoms with Gasteiger partial charge in [-0.15, -0.1) is 0 Å². The first-order valence-corrected chi connectivity index (χ1v) is 4.69. The lowest BCUT2D eigenvalue weighted by Gasteiger charge is -1.95. The predicted molar refractivity (Wildman–Crippen MR) is 54.6 cm³/mol. The molecule has 0 aromatic carbocycles. The zero-order valence-corrected chi connectivity index (χ0v) is 8.40. The molecule has 84 valence electrons. The summed E-state index contributed by atoms with van der Waals surface area (Å²) in [5.41, 5.74) is 0.685. The maximum Gasteiger partial charge on any atom is 0.280 e. The van der Waals surface area contributed by atoms with Crippen LogP contribution in [0.15, 0.2) is 29.0 Å². The Hall–Kier alpha value is -2.77. The molecule has 0 aliphatic heterocycles. The molecule has 0 saturated carbocycles. The highest BCUT2D eigenvalue weighted by atomic mass is 16.5. The molecule has 0 spiro atoms. The van der Waals surface area contributed by atoms with Gasteiger partial charge >= 0.3 is 0 Å². The Morgan fingerprint density at radius 2 is 2.29 bits per heavy atom. The number of nitrogens with zero attached hydrogens (tertiary/aromatic N) is 5. The van der Waals surface area contributed by atoms with Crippen LogP contribution in [-0.4, -0.2) is 35.6 Å². The number of aromatic nitrogens is 6. The summed E-state index contributed by atoms with van der Waals surface area (Å²) in [5.74, 6) is 0.378. The molecule has 3 aromatic rings. The van der Waals surface area contributed by atoms with Gasteiger partial charge in [0, 0.05) is 6.20 Å². The van der Waals surface area contributed by atoms with Crippen molar-refractivity contribution in [3.8, 4) is 28.9 Å². The van der Waals surface area contributed by atoms with Crippen LogP contribution in [0.25, 0.3) is 23.1 Å². The Bertz CT molecular complexity index is 632. The second kappa shape index (κ2) is 3.67. The van der Waals surface area contributed by atoms with Crippen LogP contribution in [-0.2, 0) is 0 Å². The Morgan fingerprint density at radius 3 is 3.06 bits per heavy atom. The van der Waals surface area contributed by atoms with Gasteiger partial charge in [-0.1, -0.05) is 5.16 Å². The summed E-state index contributed by atoms with van der Waals surface area (Å²) in [7, 11) is 0. The highest BCUT2D eigenvalue weighted by Gasteiger charge is 2.15. The van der Waals surface area contributed by atoms with E-state index in [0.29, 0.717) is 5.69 Å². The largest absolute Gasteiger partial charge is 0.505 e. The van der Waals surface area contributed by atoms with Crippen molar-refractivity contribution >= 4 is 0 Å². The van der Waals surface area contributed by atoms with Crippen molar-refractivity contribution in [3.05, 3.63) is 24.5 Å². The van der Waals surface area contributed by atoms with Crippen molar-refractivity contribution in [3.63, 3.8) is 0 Å². The van der Waals surface area contributed by atoms with Gasteiger partial charge in [0.2, 0.25) is 5.82 Å². The first kappa shape index (κ1) is 9.46. The molecule has 0 unspecified atom stereocenters. The molecule has 0 aliphatic carbocycles. The summed E-state index contributed by atoms with van der Waals surface area (Å²) in [6.07, 6.45) is 2.99. The summed E-state index contributed by atoms with van der Waals surface area (Å²) in [6, 6.07) is 3.09. The molecule has 3 aromatic heterocycles. The molecular formula is C9H6N6O2. The van der Waals surface area contributed by atoms with E-state index < -0.39 is 0 Å². The number of aromatic hydroxyl groups is 1.